The number of rotatable bonds is 6. The number of likely N-dealkylation sites (tertiary alicyclic amines) is 2. The van der Waals surface area contributed by atoms with Gasteiger partial charge in [0.05, 0.1) is 6.04 Å². The highest BCUT2D eigenvalue weighted by molar-refractivity contribution is 6.30. The number of halogens is 1. The van der Waals surface area contributed by atoms with E-state index in [2.05, 4.69) is 0 Å². The van der Waals surface area contributed by atoms with Gasteiger partial charge in [-0.05, 0) is 56.7 Å². The molecule has 192 valence electrons. The van der Waals surface area contributed by atoms with Crippen molar-refractivity contribution < 1.29 is 19.1 Å². The molecule has 8 heteroatoms. The normalized spacial score (nSPS) is 24.7. The molecule has 0 aromatic heterocycles. The number of benzene rings is 1. The topological polar surface area (TPSA) is 70.2 Å². The van der Waals surface area contributed by atoms with Crippen LogP contribution in [-0.2, 0) is 14.3 Å². The number of amides is 3. The Hall–Kier alpha value is -2.28. The highest BCUT2D eigenvalue weighted by Gasteiger charge is 2.48. The van der Waals surface area contributed by atoms with Gasteiger partial charge in [0.2, 0.25) is 11.8 Å². The third-order valence-electron chi connectivity index (χ3n) is 8.21. The number of piperidine rings is 1. The molecule has 7 nitrogen and oxygen atoms in total. The second-order valence-corrected chi connectivity index (χ2v) is 11.2. The predicted molar refractivity (Wildman–Crippen MR) is 135 cm³/mol. The van der Waals surface area contributed by atoms with Crippen molar-refractivity contribution in [3.8, 4) is 0 Å². The monoisotopic (exact) mass is 503 g/mol. The van der Waals surface area contributed by atoms with Crippen LogP contribution in [0.25, 0.3) is 0 Å². The summed E-state index contributed by atoms with van der Waals surface area (Å²) < 4.78 is 5.58. The van der Waals surface area contributed by atoms with Gasteiger partial charge in [-0.15, -0.1) is 0 Å². The fraction of sp³-hybridized carbons (Fsp3) is 0.667. The van der Waals surface area contributed by atoms with Gasteiger partial charge in [-0.2, -0.15) is 0 Å². The summed E-state index contributed by atoms with van der Waals surface area (Å²) in [6.45, 7) is 8.20. The quantitative estimate of drug-likeness (QED) is 0.571. The van der Waals surface area contributed by atoms with E-state index in [1.807, 2.05) is 54.8 Å². The fourth-order valence-corrected chi connectivity index (χ4v) is 5.37. The lowest BCUT2D eigenvalue weighted by Crippen LogP contribution is -2.46. The van der Waals surface area contributed by atoms with Gasteiger partial charge in [-0.1, -0.05) is 37.6 Å². The molecule has 2 aliphatic heterocycles. The number of carbonyl (C=O) groups is 3. The van der Waals surface area contributed by atoms with Gasteiger partial charge in [0.1, 0.15) is 6.10 Å². The molecule has 2 saturated heterocycles. The molecule has 3 atom stereocenters. The van der Waals surface area contributed by atoms with E-state index in [9.17, 15) is 14.4 Å². The smallest absolute Gasteiger partial charge is 0.410 e. The summed E-state index contributed by atoms with van der Waals surface area (Å²) in [5.74, 6) is 0.254. The van der Waals surface area contributed by atoms with Gasteiger partial charge in [0.25, 0.3) is 0 Å². The van der Waals surface area contributed by atoms with Crippen molar-refractivity contribution >= 4 is 29.5 Å². The highest BCUT2D eigenvalue weighted by atomic mass is 35.5. The molecular weight excluding hydrogens is 466 g/mol. The molecule has 3 aliphatic rings. The molecule has 1 saturated carbocycles. The van der Waals surface area contributed by atoms with Crippen LogP contribution in [0.2, 0.25) is 5.02 Å². The maximum absolute atomic E-state index is 13.5. The molecule has 2 heterocycles. The van der Waals surface area contributed by atoms with Crippen LogP contribution in [0.3, 0.4) is 0 Å². The molecular formula is C27H38ClN3O4. The van der Waals surface area contributed by atoms with Crippen molar-refractivity contribution in [1.82, 2.24) is 14.7 Å². The lowest BCUT2D eigenvalue weighted by atomic mass is 9.93. The molecule has 3 fully saturated rings. The Morgan fingerprint density at radius 3 is 2.31 bits per heavy atom. The van der Waals surface area contributed by atoms with Crippen LogP contribution < -0.4 is 0 Å². The molecule has 3 amide bonds. The summed E-state index contributed by atoms with van der Waals surface area (Å²) in [6.07, 6.45) is 3.55. The van der Waals surface area contributed by atoms with Gasteiger partial charge in [-0.3, -0.25) is 9.59 Å². The van der Waals surface area contributed by atoms with Gasteiger partial charge < -0.3 is 19.4 Å². The van der Waals surface area contributed by atoms with E-state index in [1.54, 1.807) is 11.9 Å². The van der Waals surface area contributed by atoms with Crippen LogP contribution in [0.1, 0.15) is 64.4 Å². The van der Waals surface area contributed by atoms with Crippen LogP contribution in [0.4, 0.5) is 4.79 Å². The zero-order valence-electron chi connectivity index (χ0n) is 21.3. The van der Waals surface area contributed by atoms with Crippen molar-refractivity contribution in [2.75, 3.05) is 33.2 Å². The predicted octanol–water partition coefficient (Wildman–Crippen LogP) is 4.54. The van der Waals surface area contributed by atoms with Gasteiger partial charge >= 0.3 is 6.09 Å². The maximum Gasteiger partial charge on any atom is 0.410 e. The second kappa shape index (κ2) is 10.4. The minimum atomic E-state index is -0.363. The van der Waals surface area contributed by atoms with Crippen molar-refractivity contribution in [3.63, 3.8) is 0 Å². The Morgan fingerprint density at radius 1 is 1.11 bits per heavy atom. The number of carbonyl (C=O) groups excluding carboxylic acids is 3. The van der Waals surface area contributed by atoms with E-state index in [4.69, 9.17) is 16.3 Å². The average molecular weight is 504 g/mol. The van der Waals surface area contributed by atoms with Crippen LogP contribution in [0.5, 0.6) is 0 Å². The van der Waals surface area contributed by atoms with Crippen LogP contribution in [-0.4, -0.2) is 78.0 Å². The van der Waals surface area contributed by atoms with Crippen molar-refractivity contribution in [2.45, 2.75) is 70.9 Å². The minimum absolute atomic E-state index is 0.0258. The Labute approximate surface area is 213 Å². The lowest BCUT2D eigenvalue weighted by Gasteiger charge is -2.34. The molecule has 0 radical (unpaired) electrons. The molecule has 1 aliphatic carbocycles. The Morgan fingerprint density at radius 2 is 1.74 bits per heavy atom. The first kappa shape index (κ1) is 25.8. The second-order valence-electron chi connectivity index (χ2n) is 10.8. The molecule has 1 aromatic carbocycles. The Bertz CT molecular complexity index is 940. The summed E-state index contributed by atoms with van der Waals surface area (Å²) in [4.78, 5) is 44.6. The van der Waals surface area contributed by atoms with E-state index >= 15 is 0 Å². The molecule has 1 unspecified atom stereocenters. The first-order valence-corrected chi connectivity index (χ1v) is 13.3. The Balaban J connectivity index is 1.44. The summed E-state index contributed by atoms with van der Waals surface area (Å²) in [5, 5.41) is 0.655. The fourth-order valence-electron chi connectivity index (χ4n) is 5.24. The van der Waals surface area contributed by atoms with Crippen LogP contribution in [0.15, 0.2) is 24.3 Å². The van der Waals surface area contributed by atoms with Crippen LogP contribution in [0, 0.1) is 11.3 Å². The number of likely N-dealkylation sites (N-methyl/N-ethyl adjacent to an activating group) is 1. The number of nitrogens with zero attached hydrogens (tertiary/aromatic N) is 3. The summed E-state index contributed by atoms with van der Waals surface area (Å²) in [5.41, 5.74) is 0.884. The average Bonchev–Trinajstić information content (AvgIpc) is 3.46. The first-order valence-electron chi connectivity index (χ1n) is 12.9. The molecule has 35 heavy (non-hydrogen) atoms. The van der Waals surface area contributed by atoms with Crippen LogP contribution >= 0.6 is 11.6 Å². The van der Waals surface area contributed by atoms with Crippen molar-refractivity contribution in [2.24, 2.45) is 11.3 Å². The standard InChI is InChI=1S/C27H38ClN3O4/c1-5-18(2)35-26(34)29(4)23-17-31(16-22(23)19-6-8-21(28)9-7-19)24(32)20-10-14-30(15-11-20)25(33)27(3)12-13-27/h6-9,18,20,22-23H,5,10-17H2,1-4H3/t18?,22-,23+/m0/s1. The SMILES string of the molecule is CCC(C)OC(=O)N(C)[C@@H]1CN(C(=O)C2CCN(C(=O)C3(C)CC3)CC2)C[C@H]1c1ccc(Cl)cc1. The molecule has 1 aromatic rings. The lowest BCUT2D eigenvalue weighted by molar-refractivity contribution is -0.142. The Kier molecular flexibility index (Phi) is 7.65. The maximum atomic E-state index is 13.5. The first-order chi connectivity index (χ1) is 16.6. The summed E-state index contributed by atoms with van der Waals surface area (Å²) in [7, 11) is 1.76. The van der Waals surface area contributed by atoms with Gasteiger partial charge in [0.15, 0.2) is 0 Å². The molecule has 0 spiro atoms. The molecule has 0 bridgehead atoms. The van der Waals surface area contributed by atoms with Crippen molar-refractivity contribution in [3.05, 3.63) is 34.9 Å². The third kappa shape index (κ3) is 5.60. The molecule has 0 N–H and O–H groups in total. The van der Waals surface area contributed by atoms with Crippen molar-refractivity contribution in [1.29, 1.82) is 0 Å². The number of ether oxygens (including phenoxy) is 1. The van der Waals surface area contributed by atoms with E-state index < -0.39 is 0 Å². The molecule has 4 rings (SSSR count). The van der Waals surface area contributed by atoms with Gasteiger partial charge in [0, 0.05) is 55.5 Å². The zero-order chi connectivity index (χ0) is 25.3. The van der Waals surface area contributed by atoms with E-state index in [-0.39, 0.29) is 47.3 Å². The third-order valence-corrected chi connectivity index (χ3v) is 8.46. The van der Waals surface area contributed by atoms with Gasteiger partial charge in [-0.25, -0.2) is 4.79 Å². The number of hydrogen-bond acceptors (Lipinski definition) is 4. The highest BCUT2D eigenvalue weighted by Crippen LogP contribution is 2.47. The summed E-state index contributed by atoms with van der Waals surface area (Å²) in [6, 6.07) is 7.47. The van der Waals surface area contributed by atoms with E-state index in [1.165, 1.54) is 0 Å². The summed E-state index contributed by atoms with van der Waals surface area (Å²) >= 11 is 6.11. The van der Waals surface area contributed by atoms with E-state index in [0.717, 1.165) is 24.8 Å². The number of hydrogen-bond donors (Lipinski definition) is 0. The zero-order valence-corrected chi connectivity index (χ0v) is 22.1. The van der Waals surface area contributed by atoms with E-state index in [0.29, 0.717) is 44.0 Å². The largest absolute Gasteiger partial charge is 0.446 e. The minimum Gasteiger partial charge on any atom is -0.446 e.